The summed E-state index contributed by atoms with van der Waals surface area (Å²) < 4.78 is 16.6. The summed E-state index contributed by atoms with van der Waals surface area (Å²) in [5, 5.41) is 0. The summed E-state index contributed by atoms with van der Waals surface area (Å²) in [7, 11) is 1.43. The molecule has 0 unspecified atom stereocenters. The highest BCUT2D eigenvalue weighted by atomic mass is 16.5. The maximum Gasteiger partial charge on any atom is 0.338 e. The lowest BCUT2D eigenvalue weighted by Gasteiger charge is -2.12. The van der Waals surface area contributed by atoms with Crippen molar-refractivity contribution in [2.75, 3.05) is 26.1 Å². The van der Waals surface area contributed by atoms with Gasteiger partial charge in [0.05, 0.1) is 19.3 Å². The van der Waals surface area contributed by atoms with Crippen LogP contribution in [-0.4, -0.2) is 41.6 Å². The van der Waals surface area contributed by atoms with Crippen molar-refractivity contribution in [3.63, 3.8) is 0 Å². The smallest absolute Gasteiger partial charge is 0.338 e. The minimum atomic E-state index is -0.927. The van der Waals surface area contributed by atoms with Crippen LogP contribution in [0.1, 0.15) is 41.0 Å². The highest BCUT2D eigenvalue weighted by Gasteiger charge is 2.21. The summed E-state index contributed by atoms with van der Waals surface area (Å²) in [4.78, 5) is 50.6. The molecule has 0 radical (unpaired) electrons. The van der Waals surface area contributed by atoms with E-state index >= 15 is 0 Å². The van der Waals surface area contributed by atoms with Gasteiger partial charge in [-0.2, -0.15) is 0 Å². The third-order valence-corrected chi connectivity index (χ3v) is 4.00. The van der Waals surface area contributed by atoms with Crippen LogP contribution in [0.4, 0.5) is 5.82 Å². The van der Waals surface area contributed by atoms with Crippen LogP contribution in [0.25, 0.3) is 0 Å². The zero-order valence-electron chi connectivity index (χ0n) is 16.4. The van der Waals surface area contributed by atoms with E-state index in [4.69, 9.17) is 19.9 Å². The molecule has 3 N–H and O–H groups in total. The molecule has 0 aliphatic rings. The van der Waals surface area contributed by atoms with Gasteiger partial charge in [0.25, 0.3) is 5.56 Å². The van der Waals surface area contributed by atoms with Crippen LogP contribution in [0.2, 0.25) is 0 Å². The third kappa shape index (κ3) is 4.84. The van der Waals surface area contributed by atoms with Gasteiger partial charge in [0.2, 0.25) is 5.78 Å². The topological polar surface area (TPSA) is 143 Å². The second-order valence-corrected chi connectivity index (χ2v) is 5.97. The van der Waals surface area contributed by atoms with Crippen LogP contribution in [0.5, 0.6) is 11.5 Å². The number of ether oxygens (including phenoxy) is 3. The first-order chi connectivity index (χ1) is 13.8. The number of anilines is 1. The standard InChI is InChI=1S/C19H23N3O7/c1-4-8-22-16(20)15(17(24)21-19(22)26)12(23)10-29-18(25)11-6-7-13(28-5-2)14(9-11)27-3/h6-7,9H,4-5,8,10,20H2,1-3H3,(H,21,24,26). The molecule has 10 nitrogen and oxygen atoms in total. The average molecular weight is 405 g/mol. The number of carbonyl (C=O) groups excluding carboxylic acids is 2. The number of aromatic nitrogens is 2. The van der Waals surface area contributed by atoms with Crippen molar-refractivity contribution in [1.82, 2.24) is 9.55 Å². The Labute approximate surface area is 166 Å². The number of H-pyrrole nitrogens is 1. The number of aromatic amines is 1. The number of nitrogens with one attached hydrogen (secondary N) is 1. The van der Waals surface area contributed by atoms with E-state index in [9.17, 15) is 19.2 Å². The van der Waals surface area contributed by atoms with Crippen LogP contribution in [0.15, 0.2) is 27.8 Å². The van der Waals surface area contributed by atoms with Gasteiger partial charge in [-0.15, -0.1) is 0 Å². The van der Waals surface area contributed by atoms with Crippen LogP contribution in [-0.2, 0) is 11.3 Å². The molecule has 0 atom stereocenters. The normalized spacial score (nSPS) is 10.4. The van der Waals surface area contributed by atoms with Gasteiger partial charge in [-0.25, -0.2) is 9.59 Å². The fraction of sp³-hybridized carbons (Fsp3) is 0.368. The molecule has 2 rings (SSSR count). The number of hydrogen-bond donors (Lipinski definition) is 2. The van der Waals surface area contributed by atoms with Gasteiger partial charge in [0, 0.05) is 6.54 Å². The number of hydrogen-bond acceptors (Lipinski definition) is 8. The van der Waals surface area contributed by atoms with Gasteiger partial charge in [0.15, 0.2) is 18.1 Å². The number of methoxy groups -OCH3 is 1. The van der Waals surface area contributed by atoms with Gasteiger partial charge in [-0.3, -0.25) is 19.1 Å². The van der Waals surface area contributed by atoms with E-state index in [2.05, 4.69) is 0 Å². The van der Waals surface area contributed by atoms with E-state index in [0.717, 1.165) is 4.57 Å². The summed E-state index contributed by atoms with van der Waals surface area (Å²) in [6, 6.07) is 4.42. The Morgan fingerprint density at radius 2 is 1.90 bits per heavy atom. The maximum absolute atomic E-state index is 12.4. The summed E-state index contributed by atoms with van der Waals surface area (Å²) >= 11 is 0. The van der Waals surface area contributed by atoms with Crippen molar-refractivity contribution in [2.24, 2.45) is 0 Å². The number of nitrogens with zero attached hydrogens (tertiary/aromatic N) is 1. The quantitative estimate of drug-likeness (QED) is 0.464. The molecule has 1 aromatic heterocycles. The molecule has 0 aliphatic heterocycles. The van der Waals surface area contributed by atoms with Crippen molar-refractivity contribution >= 4 is 17.6 Å². The predicted molar refractivity (Wildman–Crippen MR) is 105 cm³/mol. The molecule has 1 aromatic carbocycles. The van der Waals surface area contributed by atoms with E-state index in [1.54, 1.807) is 6.07 Å². The highest BCUT2D eigenvalue weighted by Crippen LogP contribution is 2.28. The van der Waals surface area contributed by atoms with E-state index < -0.39 is 35.2 Å². The van der Waals surface area contributed by atoms with Gasteiger partial charge < -0.3 is 19.9 Å². The molecule has 1 heterocycles. The number of benzene rings is 1. The van der Waals surface area contributed by atoms with Crippen LogP contribution < -0.4 is 26.5 Å². The molecule has 156 valence electrons. The monoisotopic (exact) mass is 405 g/mol. The molecule has 0 saturated carbocycles. The largest absolute Gasteiger partial charge is 0.493 e. The van der Waals surface area contributed by atoms with Crippen molar-refractivity contribution in [3.05, 3.63) is 50.2 Å². The van der Waals surface area contributed by atoms with Gasteiger partial charge in [-0.05, 0) is 31.5 Å². The number of rotatable bonds is 9. The summed E-state index contributed by atoms with van der Waals surface area (Å²) in [5.41, 5.74) is 3.91. The molecule has 0 aliphatic carbocycles. The molecule has 0 amide bonds. The van der Waals surface area contributed by atoms with Crippen molar-refractivity contribution in [2.45, 2.75) is 26.8 Å². The maximum atomic E-state index is 12.4. The van der Waals surface area contributed by atoms with Gasteiger partial charge in [0.1, 0.15) is 11.4 Å². The van der Waals surface area contributed by atoms with Crippen molar-refractivity contribution in [3.8, 4) is 11.5 Å². The fourth-order valence-corrected chi connectivity index (χ4v) is 2.66. The lowest BCUT2D eigenvalue weighted by atomic mass is 10.2. The lowest BCUT2D eigenvalue weighted by Crippen LogP contribution is -2.37. The Morgan fingerprint density at radius 1 is 1.17 bits per heavy atom. The highest BCUT2D eigenvalue weighted by molar-refractivity contribution is 6.02. The first-order valence-electron chi connectivity index (χ1n) is 8.97. The van der Waals surface area contributed by atoms with Crippen molar-refractivity contribution in [1.29, 1.82) is 0 Å². The second-order valence-electron chi connectivity index (χ2n) is 5.97. The number of ketones is 1. The van der Waals surface area contributed by atoms with E-state index in [-0.39, 0.29) is 17.9 Å². The SMILES string of the molecule is CCCn1c(N)c(C(=O)COC(=O)c2ccc(OCC)c(OC)c2)c(=O)[nH]c1=O. The number of Topliss-reactive ketones (excluding diaryl/α,β-unsaturated/α-hetero) is 1. The van der Waals surface area contributed by atoms with Crippen LogP contribution in [0.3, 0.4) is 0 Å². The Bertz CT molecular complexity index is 1020. The summed E-state index contributed by atoms with van der Waals surface area (Å²) in [6.45, 7) is 3.56. The molecule has 29 heavy (non-hydrogen) atoms. The molecular formula is C19H23N3O7. The molecular weight excluding hydrogens is 382 g/mol. The zero-order chi connectivity index (χ0) is 21.6. The minimum absolute atomic E-state index is 0.135. The second kappa shape index (κ2) is 9.58. The summed E-state index contributed by atoms with van der Waals surface area (Å²) in [5.74, 6) is -1.08. The number of carbonyl (C=O) groups is 2. The molecule has 2 aromatic rings. The Kier molecular flexibility index (Phi) is 7.18. The molecule has 0 fully saturated rings. The fourth-order valence-electron chi connectivity index (χ4n) is 2.66. The summed E-state index contributed by atoms with van der Waals surface area (Å²) in [6.07, 6.45) is 0.568. The van der Waals surface area contributed by atoms with Gasteiger partial charge >= 0.3 is 11.7 Å². The molecule has 0 spiro atoms. The average Bonchev–Trinajstić information content (AvgIpc) is 2.69. The molecule has 10 heteroatoms. The number of nitrogens with two attached hydrogens (primary N) is 1. The van der Waals surface area contributed by atoms with Crippen LogP contribution in [0, 0.1) is 0 Å². The third-order valence-electron chi connectivity index (χ3n) is 4.00. The molecule has 0 saturated heterocycles. The first-order valence-corrected chi connectivity index (χ1v) is 8.97. The molecule has 0 bridgehead atoms. The predicted octanol–water partition coefficient (Wildman–Crippen LogP) is 0.976. The Hall–Kier alpha value is -3.56. The lowest BCUT2D eigenvalue weighted by molar-refractivity contribution is 0.0474. The van der Waals surface area contributed by atoms with E-state index in [1.165, 1.54) is 19.2 Å². The van der Waals surface area contributed by atoms with Crippen LogP contribution >= 0.6 is 0 Å². The Morgan fingerprint density at radius 3 is 2.52 bits per heavy atom. The number of esters is 1. The van der Waals surface area contributed by atoms with E-state index in [1.807, 2.05) is 18.8 Å². The minimum Gasteiger partial charge on any atom is -0.493 e. The van der Waals surface area contributed by atoms with Crippen molar-refractivity contribution < 1.29 is 23.8 Å². The first kappa shape index (κ1) is 21.7. The van der Waals surface area contributed by atoms with Gasteiger partial charge in [-0.1, -0.05) is 6.92 Å². The van der Waals surface area contributed by atoms with E-state index in [0.29, 0.717) is 24.5 Å². The Balaban J connectivity index is 2.19. The number of nitrogen functional groups attached to an aromatic ring is 1. The zero-order valence-corrected chi connectivity index (χ0v) is 16.4.